The second-order valence-corrected chi connectivity index (χ2v) is 7.61. The minimum atomic E-state index is -0.150. The first-order valence-electron chi connectivity index (χ1n) is 9.65. The van der Waals surface area contributed by atoms with E-state index in [1.165, 1.54) is 32.1 Å². The monoisotopic (exact) mass is 338 g/mol. The Bertz CT molecular complexity index is 820. The van der Waals surface area contributed by atoms with Gasteiger partial charge in [-0.15, -0.1) is 0 Å². The molecule has 1 amide bonds. The number of aromatic nitrogens is 1. The number of hydrogen-bond donors (Lipinski definition) is 1. The van der Waals surface area contributed by atoms with Gasteiger partial charge in [-0.2, -0.15) is 0 Å². The molecule has 1 aromatic carbocycles. The Labute approximate surface area is 148 Å². The minimum absolute atomic E-state index is 0.0923. The molecule has 1 aliphatic heterocycles. The van der Waals surface area contributed by atoms with Crippen LogP contribution in [0, 0.1) is 5.92 Å². The zero-order valence-corrected chi connectivity index (χ0v) is 14.7. The topological polar surface area (TPSA) is 53.2 Å². The molecule has 2 heterocycles. The van der Waals surface area contributed by atoms with Gasteiger partial charge in [0.1, 0.15) is 5.56 Å². The molecule has 4 heteroatoms. The van der Waals surface area contributed by atoms with Crippen molar-refractivity contribution < 1.29 is 4.79 Å². The Morgan fingerprint density at radius 3 is 2.72 bits per heavy atom. The zero-order valence-electron chi connectivity index (χ0n) is 14.7. The summed E-state index contributed by atoms with van der Waals surface area (Å²) < 4.78 is 0. The molecule has 0 spiro atoms. The molecule has 2 aromatic rings. The van der Waals surface area contributed by atoms with Crippen LogP contribution in [0.4, 0.5) is 0 Å². The van der Waals surface area contributed by atoms with Crippen molar-refractivity contribution in [3.63, 3.8) is 0 Å². The molecule has 0 radical (unpaired) electrons. The quantitative estimate of drug-likeness (QED) is 0.916. The van der Waals surface area contributed by atoms with Crippen LogP contribution in [0.2, 0.25) is 0 Å². The molecule has 2 aliphatic rings. The van der Waals surface area contributed by atoms with Crippen LogP contribution in [0.15, 0.2) is 35.3 Å². The summed E-state index contributed by atoms with van der Waals surface area (Å²) in [6.45, 7) is 0.780. The third-order valence-electron chi connectivity index (χ3n) is 5.99. The smallest absolute Gasteiger partial charge is 0.259 e. The molecular formula is C21H26N2O2. The second kappa shape index (κ2) is 7.03. The summed E-state index contributed by atoms with van der Waals surface area (Å²) in [5, 5.41) is 0.594. The van der Waals surface area contributed by atoms with E-state index in [-0.39, 0.29) is 16.9 Å². The molecule has 1 atom stereocenters. The fourth-order valence-corrected chi connectivity index (χ4v) is 4.64. The Kier molecular flexibility index (Phi) is 4.60. The average molecular weight is 338 g/mol. The lowest BCUT2D eigenvalue weighted by Crippen LogP contribution is -2.39. The van der Waals surface area contributed by atoms with Crippen LogP contribution in [-0.2, 0) is 0 Å². The number of carbonyl (C=O) groups is 1. The number of pyridine rings is 1. The fraction of sp³-hybridized carbons (Fsp3) is 0.524. The van der Waals surface area contributed by atoms with E-state index in [2.05, 4.69) is 4.98 Å². The van der Waals surface area contributed by atoms with E-state index in [1.54, 1.807) is 12.3 Å². The maximum absolute atomic E-state index is 13.1. The summed E-state index contributed by atoms with van der Waals surface area (Å²) in [5.74, 6) is 0.660. The zero-order chi connectivity index (χ0) is 17.2. The number of H-pyrrole nitrogens is 1. The van der Waals surface area contributed by atoms with Crippen molar-refractivity contribution in [3.8, 4) is 0 Å². The highest BCUT2D eigenvalue weighted by Crippen LogP contribution is 2.32. The number of nitrogens with zero attached hydrogens (tertiary/aromatic N) is 1. The summed E-state index contributed by atoms with van der Waals surface area (Å²) in [6.07, 6.45) is 11.5. The second-order valence-electron chi connectivity index (χ2n) is 7.61. The molecule has 1 saturated heterocycles. The highest BCUT2D eigenvalue weighted by molar-refractivity contribution is 5.97. The van der Waals surface area contributed by atoms with Crippen molar-refractivity contribution in [1.29, 1.82) is 0 Å². The van der Waals surface area contributed by atoms with Crippen molar-refractivity contribution in [1.82, 2.24) is 9.88 Å². The number of nitrogens with one attached hydrogen (secondary N) is 1. The predicted octanol–water partition coefficient (Wildman–Crippen LogP) is 4.10. The SMILES string of the molecule is O=C(c1c[nH]c2ccccc2c1=O)N1CCC[C@@H]1CC1CCCCC1. The van der Waals surface area contributed by atoms with Gasteiger partial charge in [0.05, 0.1) is 0 Å². The normalized spacial score (nSPS) is 21.8. The van der Waals surface area contributed by atoms with Crippen molar-refractivity contribution >= 4 is 16.8 Å². The molecule has 2 fully saturated rings. The summed E-state index contributed by atoms with van der Waals surface area (Å²) >= 11 is 0. The maximum atomic E-state index is 13.1. The Morgan fingerprint density at radius 1 is 1.08 bits per heavy atom. The fourth-order valence-electron chi connectivity index (χ4n) is 4.64. The van der Waals surface area contributed by atoms with Crippen LogP contribution >= 0.6 is 0 Å². The van der Waals surface area contributed by atoms with Gasteiger partial charge in [-0.3, -0.25) is 9.59 Å². The van der Waals surface area contributed by atoms with E-state index in [4.69, 9.17) is 0 Å². The van der Waals surface area contributed by atoms with E-state index < -0.39 is 0 Å². The molecule has 1 aliphatic carbocycles. The molecule has 0 bridgehead atoms. The van der Waals surface area contributed by atoms with E-state index in [0.29, 0.717) is 11.4 Å². The van der Waals surface area contributed by atoms with Gasteiger partial charge >= 0.3 is 0 Å². The van der Waals surface area contributed by atoms with Crippen LogP contribution in [0.1, 0.15) is 61.7 Å². The lowest BCUT2D eigenvalue weighted by atomic mass is 9.84. The third-order valence-corrected chi connectivity index (χ3v) is 5.99. The van der Waals surface area contributed by atoms with Crippen LogP contribution in [0.5, 0.6) is 0 Å². The maximum Gasteiger partial charge on any atom is 0.259 e. The van der Waals surface area contributed by atoms with Gasteiger partial charge in [-0.25, -0.2) is 0 Å². The summed E-state index contributed by atoms with van der Waals surface area (Å²) in [6, 6.07) is 7.69. The molecule has 4 nitrogen and oxygen atoms in total. The van der Waals surface area contributed by atoms with Gasteiger partial charge in [0.25, 0.3) is 5.91 Å². The highest BCUT2D eigenvalue weighted by atomic mass is 16.2. The van der Waals surface area contributed by atoms with Crippen molar-refractivity contribution in [2.24, 2.45) is 5.92 Å². The number of fused-ring (bicyclic) bond motifs is 1. The first kappa shape index (κ1) is 16.4. The number of benzene rings is 1. The first-order valence-corrected chi connectivity index (χ1v) is 9.65. The molecule has 1 N–H and O–H groups in total. The number of aromatic amines is 1. The summed E-state index contributed by atoms with van der Waals surface area (Å²) in [4.78, 5) is 30.9. The van der Waals surface area contributed by atoms with Crippen molar-refractivity contribution in [3.05, 3.63) is 46.2 Å². The molecular weight excluding hydrogens is 312 g/mol. The Balaban J connectivity index is 1.57. The molecule has 1 saturated carbocycles. The summed E-state index contributed by atoms with van der Waals surface area (Å²) in [7, 11) is 0. The minimum Gasteiger partial charge on any atom is -0.360 e. The average Bonchev–Trinajstić information content (AvgIpc) is 3.11. The lowest BCUT2D eigenvalue weighted by molar-refractivity contribution is 0.0710. The van der Waals surface area contributed by atoms with Gasteiger partial charge in [0.15, 0.2) is 0 Å². The number of rotatable bonds is 3. The van der Waals surface area contributed by atoms with E-state index in [1.807, 2.05) is 23.1 Å². The van der Waals surface area contributed by atoms with Gasteiger partial charge in [-0.05, 0) is 37.3 Å². The number of carbonyl (C=O) groups excluding carboxylic acids is 1. The third kappa shape index (κ3) is 3.22. The van der Waals surface area contributed by atoms with Gasteiger partial charge in [0, 0.05) is 29.7 Å². The highest BCUT2D eigenvalue weighted by Gasteiger charge is 2.32. The van der Waals surface area contributed by atoms with Gasteiger partial charge < -0.3 is 9.88 Å². The standard InChI is InChI=1S/C21H26N2O2/c24-20-17-10-4-5-11-19(17)22-14-18(20)21(25)23-12-6-9-16(23)13-15-7-2-1-3-8-15/h4-5,10-11,14-16H,1-3,6-9,12-13H2,(H,22,24)/t16-/m1/s1. The van der Waals surface area contributed by atoms with Crippen molar-refractivity contribution in [2.45, 2.75) is 57.4 Å². The first-order chi connectivity index (χ1) is 12.2. The predicted molar refractivity (Wildman–Crippen MR) is 99.8 cm³/mol. The van der Waals surface area contributed by atoms with Crippen LogP contribution in [-0.4, -0.2) is 28.4 Å². The van der Waals surface area contributed by atoms with E-state index in [0.717, 1.165) is 37.2 Å². The number of amides is 1. The molecule has 4 rings (SSSR count). The number of para-hydroxylation sites is 1. The van der Waals surface area contributed by atoms with Gasteiger partial charge in [-0.1, -0.05) is 44.2 Å². The Hall–Kier alpha value is -2.10. The van der Waals surface area contributed by atoms with E-state index in [9.17, 15) is 9.59 Å². The van der Waals surface area contributed by atoms with Crippen LogP contribution < -0.4 is 5.43 Å². The molecule has 25 heavy (non-hydrogen) atoms. The number of hydrogen-bond acceptors (Lipinski definition) is 2. The van der Waals surface area contributed by atoms with Crippen molar-refractivity contribution in [2.75, 3.05) is 6.54 Å². The molecule has 132 valence electrons. The largest absolute Gasteiger partial charge is 0.360 e. The van der Waals surface area contributed by atoms with Crippen LogP contribution in [0.3, 0.4) is 0 Å². The van der Waals surface area contributed by atoms with Gasteiger partial charge in [0.2, 0.25) is 5.43 Å². The number of likely N-dealkylation sites (tertiary alicyclic amines) is 1. The lowest BCUT2D eigenvalue weighted by Gasteiger charge is -2.30. The Morgan fingerprint density at radius 2 is 1.88 bits per heavy atom. The molecule has 1 aromatic heterocycles. The summed E-state index contributed by atoms with van der Waals surface area (Å²) in [5.41, 5.74) is 0.918. The van der Waals surface area contributed by atoms with E-state index >= 15 is 0 Å². The molecule has 0 unspecified atom stereocenters. The van der Waals surface area contributed by atoms with Crippen LogP contribution in [0.25, 0.3) is 10.9 Å².